The number of quaternary nitrogens is 1. The van der Waals surface area contributed by atoms with Crippen LogP contribution in [0.5, 0.6) is 0 Å². The molecule has 0 N–H and O–H groups in total. The Bertz CT molecular complexity index is 807. The molecule has 8 nitrogen and oxygen atoms in total. The van der Waals surface area contributed by atoms with E-state index < -0.39 is 13.9 Å². The topological polar surface area (TPSA) is 94.1 Å². The molecule has 0 spiro atoms. The van der Waals surface area contributed by atoms with Gasteiger partial charge < -0.3 is 27.9 Å². The normalized spacial score (nSPS) is 13.7. The minimum atomic E-state index is -4.51. The Kier molecular flexibility index (Phi) is 37.1. The SMILES string of the molecule is CCCCCCCCCCCCCCCCCCCOCC(COP(=O)([O-])OCC[N+](C)(C)C)OC(=O)CCCCCCCCCCCCCCC. The first-order chi connectivity index (χ1) is 25.1. The molecule has 0 aromatic carbocycles. The number of ether oxygens (including phenoxy) is 2. The van der Waals surface area contributed by atoms with Gasteiger partial charge in [-0.3, -0.25) is 9.36 Å². The van der Waals surface area contributed by atoms with Gasteiger partial charge >= 0.3 is 5.97 Å². The maximum Gasteiger partial charge on any atom is 0.306 e. The highest BCUT2D eigenvalue weighted by Crippen LogP contribution is 2.38. The fourth-order valence-electron chi connectivity index (χ4n) is 6.43. The van der Waals surface area contributed by atoms with Crippen LogP contribution in [0.3, 0.4) is 0 Å². The Hall–Kier alpha value is -0.500. The maximum absolute atomic E-state index is 12.6. The predicted molar refractivity (Wildman–Crippen MR) is 218 cm³/mol. The van der Waals surface area contributed by atoms with E-state index in [2.05, 4.69) is 13.8 Å². The van der Waals surface area contributed by atoms with Gasteiger partial charge in [0.25, 0.3) is 7.82 Å². The number of phosphoric acid groups is 1. The van der Waals surface area contributed by atoms with Crippen LogP contribution in [0.15, 0.2) is 0 Å². The third kappa shape index (κ3) is 40.7. The minimum Gasteiger partial charge on any atom is -0.756 e. The molecular formula is C43H88NO7P. The van der Waals surface area contributed by atoms with Crippen molar-refractivity contribution in [2.24, 2.45) is 0 Å². The fraction of sp³-hybridized carbons (Fsp3) is 0.977. The zero-order valence-electron chi connectivity index (χ0n) is 35.3. The summed E-state index contributed by atoms with van der Waals surface area (Å²) in [6.07, 6.45) is 38.2. The summed E-state index contributed by atoms with van der Waals surface area (Å²) in [6.45, 7) is 5.46. The molecule has 0 saturated heterocycles. The average Bonchev–Trinajstić information content (AvgIpc) is 3.09. The second kappa shape index (κ2) is 37.4. The van der Waals surface area contributed by atoms with E-state index in [1.54, 1.807) is 0 Å². The van der Waals surface area contributed by atoms with Crippen molar-refractivity contribution in [1.82, 2.24) is 0 Å². The van der Waals surface area contributed by atoms with Crippen LogP contribution in [-0.4, -0.2) is 70.7 Å². The smallest absolute Gasteiger partial charge is 0.306 e. The molecule has 0 heterocycles. The van der Waals surface area contributed by atoms with Crippen molar-refractivity contribution < 1.29 is 37.3 Å². The van der Waals surface area contributed by atoms with Gasteiger partial charge in [-0.05, 0) is 12.8 Å². The van der Waals surface area contributed by atoms with E-state index in [0.29, 0.717) is 24.1 Å². The monoisotopic (exact) mass is 762 g/mol. The van der Waals surface area contributed by atoms with E-state index in [1.807, 2.05) is 21.1 Å². The van der Waals surface area contributed by atoms with Crippen molar-refractivity contribution >= 4 is 13.8 Å². The largest absolute Gasteiger partial charge is 0.756 e. The Morgan fingerprint density at radius 3 is 1.27 bits per heavy atom. The number of likely N-dealkylation sites (N-methyl/N-ethyl adjacent to an activating group) is 1. The number of nitrogens with zero attached hydrogens (tertiary/aromatic N) is 1. The fourth-order valence-corrected chi connectivity index (χ4v) is 7.16. The Labute approximate surface area is 323 Å². The van der Waals surface area contributed by atoms with Crippen LogP contribution in [-0.2, 0) is 27.9 Å². The second-order valence-corrected chi connectivity index (χ2v) is 17.8. The third-order valence-corrected chi connectivity index (χ3v) is 10.9. The van der Waals surface area contributed by atoms with Crippen molar-refractivity contribution in [2.45, 2.75) is 219 Å². The molecule has 9 heteroatoms. The highest BCUT2D eigenvalue weighted by Gasteiger charge is 2.20. The van der Waals surface area contributed by atoms with E-state index in [1.165, 1.54) is 161 Å². The van der Waals surface area contributed by atoms with Gasteiger partial charge in [0, 0.05) is 13.0 Å². The number of hydrogen-bond donors (Lipinski definition) is 0. The lowest BCUT2D eigenvalue weighted by Gasteiger charge is -2.28. The molecule has 0 fully saturated rings. The number of phosphoric ester groups is 1. The lowest BCUT2D eigenvalue weighted by molar-refractivity contribution is -0.870. The van der Waals surface area contributed by atoms with Crippen molar-refractivity contribution in [3.05, 3.63) is 0 Å². The summed E-state index contributed by atoms with van der Waals surface area (Å²) in [5, 5.41) is 0. The van der Waals surface area contributed by atoms with Gasteiger partial charge in [0.1, 0.15) is 19.3 Å². The van der Waals surface area contributed by atoms with Gasteiger partial charge in [-0.15, -0.1) is 0 Å². The van der Waals surface area contributed by atoms with Gasteiger partial charge in [-0.2, -0.15) is 0 Å². The van der Waals surface area contributed by atoms with Crippen molar-refractivity contribution in [2.75, 3.05) is 54.1 Å². The van der Waals surface area contributed by atoms with Gasteiger partial charge in [0.05, 0.1) is 34.4 Å². The van der Waals surface area contributed by atoms with E-state index in [4.69, 9.17) is 18.5 Å². The number of esters is 1. The van der Waals surface area contributed by atoms with Crippen molar-refractivity contribution in [3.8, 4) is 0 Å². The molecule has 0 aliphatic heterocycles. The zero-order valence-corrected chi connectivity index (χ0v) is 36.2. The summed E-state index contributed by atoms with van der Waals surface area (Å²) in [6, 6.07) is 0. The van der Waals surface area contributed by atoms with Gasteiger partial charge in [-0.1, -0.05) is 194 Å². The molecule has 0 aromatic rings. The van der Waals surface area contributed by atoms with Crippen LogP contribution in [0, 0.1) is 0 Å². The quantitative estimate of drug-likeness (QED) is 0.0264. The van der Waals surface area contributed by atoms with E-state index in [-0.39, 0.29) is 25.8 Å². The van der Waals surface area contributed by atoms with E-state index in [0.717, 1.165) is 32.1 Å². The summed E-state index contributed by atoms with van der Waals surface area (Å²) >= 11 is 0. The lowest BCUT2D eigenvalue weighted by atomic mass is 10.0. The molecular weight excluding hydrogens is 673 g/mol. The molecule has 0 radical (unpaired) electrons. The van der Waals surface area contributed by atoms with Crippen molar-refractivity contribution in [1.29, 1.82) is 0 Å². The van der Waals surface area contributed by atoms with Gasteiger partial charge in [-0.25, -0.2) is 0 Å². The Balaban J connectivity index is 4.16. The molecule has 0 amide bonds. The highest BCUT2D eigenvalue weighted by molar-refractivity contribution is 7.45. The van der Waals surface area contributed by atoms with Crippen LogP contribution in [0.4, 0.5) is 0 Å². The standard InChI is InChI=1S/C43H88NO7P/c1-6-8-10-12-14-16-18-20-21-22-23-25-27-29-31-33-35-38-48-40-42(41-50-52(46,47)49-39-37-44(3,4)5)51-43(45)36-34-32-30-28-26-24-19-17-15-13-11-9-7-2/h42H,6-41H2,1-5H3. The first kappa shape index (κ1) is 51.5. The molecule has 0 rings (SSSR count). The molecule has 0 aromatic heterocycles. The van der Waals surface area contributed by atoms with E-state index in [9.17, 15) is 14.3 Å². The molecule has 52 heavy (non-hydrogen) atoms. The third-order valence-electron chi connectivity index (χ3n) is 9.91. The number of hydrogen-bond acceptors (Lipinski definition) is 7. The Morgan fingerprint density at radius 1 is 0.519 bits per heavy atom. The van der Waals surface area contributed by atoms with Crippen LogP contribution < -0.4 is 4.89 Å². The average molecular weight is 762 g/mol. The number of unbranched alkanes of at least 4 members (excludes halogenated alkanes) is 28. The molecule has 0 bridgehead atoms. The molecule has 0 aliphatic rings. The first-order valence-electron chi connectivity index (χ1n) is 22.3. The van der Waals surface area contributed by atoms with Crippen LogP contribution in [0.1, 0.15) is 213 Å². The Morgan fingerprint density at radius 2 is 0.885 bits per heavy atom. The second-order valence-electron chi connectivity index (χ2n) is 16.4. The summed E-state index contributed by atoms with van der Waals surface area (Å²) in [5.41, 5.74) is 0. The summed E-state index contributed by atoms with van der Waals surface area (Å²) < 4.78 is 34.6. The molecule has 2 atom stereocenters. The number of carbonyl (C=O) groups is 1. The molecule has 2 unspecified atom stereocenters. The van der Waals surface area contributed by atoms with Gasteiger partial charge in [0.2, 0.25) is 0 Å². The van der Waals surface area contributed by atoms with Crippen LogP contribution in [0.25, 0.3) is 0 Å². The molecule has 0 saturated carbocycles. The maximum atomic E-state index is 12.6. The number of carbonyl (C=O) groups excluding carboxylic acids is 1. The lowest BCUT2D eigenvalue weighted by Crippen LogP contribution is -2.37. The summed E-state index contributed by atoms with van der Waals surface area (Å²) in [4.78, 5) is 25.0. The predicted octanol–water partition coefficient (Wildman–Crippen LogP) is 12.3. The zero-order chi connectivity index (χ0) is 38.4. The van der Waals surface area contributed by atoms with Crippen LogP contribution in [0.2, 0.25) is 0 Å². The molecule has 0 aliphatic carbocycles. The van der Waals surface area contributed by atoms with Crippen molar-refractivity contribution in [3.63, 3.8) is 0 Å². The first-order valence-corrected chi connectivity index (χ1v) is 23.7. The summed E-state index contributed by atoms with van der Waals surface area (Å²) in [5.74, 6) is -0.329. The highest BCUT2D eigenvalue weighted by atomic mass is 31.2. The van der Waals surface area contributed by atoms with E-state index >= 15 is 0 Å². The molecule has 312 valence electrons. The van der Waals surface area contributed by atoms with Gasteiger partial charge in [0.15, 0.2) is 0 Å². The summed E-state index contributed by atoms with van der Waals surface area (Å²) in [7, 11) is 1.37. The van der Waals surface area contributed by atoms with Crippen LogP contribution >= 0.6 is 7.82 Å². The number of rotatable bonds is 42. The minimum absolute atomic E-state index is 0.0313.